The second-order valence-corrected chi connectivity index (χ2v) is 23.8. The van der Waals surface area contributed by atoms with E-state index in [-0.39, 0.29) is 0 Å². The molecule has 0 heterocycles. The van der Waals surface area contributed by atoms with Crippen molar-refractivity contribution < 1.29 is 24.2 Å². The molecule has 0 unspecified atom stereocenters. The van der Waals surface area contributed by atoms with Crippen LogP contribution in [0, 0.1) is 6.08 Å². The summed E-state index contributed by atoms with van der Waals surface area (Å²) in [7, 11) is -2.14. The predicted molar refractivity (Wildman–Crippen MR) is 179 cm³/mol. The SMILES string of the molecule is C[Si](C)(C)C1=[C-]CC([Si](C)(C)C)=C1.[Zr+2]=[C](c1ccccc1)c1ccccc1.c1ccc2c(c1)[cH-]c1ccccc12. The van der Waals surface area contributed by atoms with E-state index in [1.54, 1.807) is 10.4 Å². The summed E-state index contributed by atoms with van der Waals surface area (Å²) in [5, 5.41) is 8.62. The van der Waals surface area contributed by atoms with Crippen LogP contribution in [0.15, 0.2) is 132 Å². The summed E-state index contributed by atoms with van der Waals surface area (Å²) in [6.45, 7) is 14.5. The molecule has 5 aromatic carbocycles. The summed E-state index contributed by atoms with van der Waals surface area (Å²) in [5.41, 5.74) is 2.66. The van der Waals surface area contributed by atoms with Gasteiger partial charge in [0.1, 0.15) is 0 Å². The van der Waals surface area contributed by atoms with Crippen molar-refractivity contribution in [3.8, 4) is 0 Å². The largest absolute Gasteiger partial charge is 0.126 e. The first-order chi connectivity index (χ1) is 19.0. The Balaban J connectivity index is 0.000000139. The second-order valence-electron chi connectivity index (χ2n) is 12.4. The average molecular weight is 632 g/mol. The minimum Gasteiger partial charge on any atom is -0.126 e. The van der Waals surface area contributed by atoms with Crippen LogP contribution >= 0.6 is 0 Å². The molecule has 0 aliphatic heterocycles. The topological polar surface area (TPSA) is 0 Å². The number of rotatable bonds is 4. The van der Waals surface area contributed by atoms with Gasteiger partial charge >= 0.3 is 99.2 Å². The molecule has 1 aliphatic rings. The molecule has 0 amide bonds. The van der Waals surface area contributed by atoms with Crippen LogP contribution < -0.4 is 0 Å². The van der Waals surface area contributed by atoms with Crippen molar-refractivity contribution in [1.82, 2.24) is 0 Å². The number of hydrogen-bond donors (Lipinski definition) is 0. The molecule has 0 nitrogen and oxygen atoms in total. The van der Waals surface area contributed by atoms with E-state index in [0.29, 0.717) is 0 Å². The zero-order valence-corrected chi connectivity index (χ0v) is 29.2. The first-order valence-electron chi connectivity index (χ1n) is 14.1. The van der Waals surface area contributed by atoms with Gasteiger partial charge in [0.05, 0.1) is 8.07 Å². The minimum absolute atomic E-state index is 1.04. The Morgan fingerprint density at radius 3 is 1.40 bits per heavy atom. The van der Waals surface area contributed by atoms with Gasteiger partial charge in [-0.1, -0.05) is 75.7 Å². The molecule has 0 saturated heterocycles. The first kappa shape index (κ1) is 30.4. The summed E-state index contributed by atoms with van der Waals surface area (Å²) in [5.74, 6) is 0. The summed E-state index contributed by atoms with van der Waals surface area (Å²) in [6, 6.07) is 40.4. The zero-order valence-electron chi connectivity index (χ0n) is 24.8. The molecule has 0 fully saturated rings. The molecular weight excluding hydrogens is 592 g/mol. The molecule has 1 aliphatic carbocycles. The van der Waals surface area contributed by atoms with Crippen LogP contribution in [0.25, 0.3) is 21.5 Å². The fourth-order valence-electron chi connectivity index (χ4n) is 4.71. The van der Waals surface area contributed by atoms with Gasteiger partial charge in [0.2, 0.25) is 0 Å². The van der Waals surface area contributed by atoms with Crippen LogP contribution in [0.3, 0.4) is 0 Å². The van der Waals surface area contributed by atoms with Crippen molar-refractivity contribution in [1.29, 1.82) is 0 Å². The van der Waals surface area contributed by atoms with Gasteiger partial charge in [0.25, 0.3) is 0 Å². The smallest absolute Gasteiger partial charge is 0.0771 e. The minimum atomic E-state index is -1.09. The van der Waals surface area contributed by atoms with Gasteiger partial charge in [0.15, 0.2) is 0 Å². The van der Waals surface area contributed by atoms with E-state index < -0.39 is 16.1 Å². The summed E-state index contributed by atoms with van der Waals surface area (Å²) < 4.78 is 1.42. The van der Waals surface area contributed by atoms with E-state index in [4.69, 9.17) is 0 Å². The van der Waals surface area contributed by atoms with Crippen molar-refractivity contribution in [3.05, 3.63) is 149 Å². The van der Waals surface area contributed by atoms with Gasteiger partial charge < -0.3 is 0 Å². The fraction of sp³-hybridized carbons (Fsp3) is 0.189. The number of benzene rings is 4. The van der Waals surface area contributed by atoms with Crippen LogP contribution in [0.4, 0.5) is 0 Å². The third kappa shape index (κ3) is 8.00. The molecule has 0 spiro atoms. The quantitative estimate of drug-likeness (QED) is 0.137. The molecule has 6 rings (SSSR count). The van der Waals surface area contributed by atoms with Crippen LogP contribution in [-0.4, -0.2) is 19.4 Å². The molecule has 3 heteroatoms. The van der Waals surface area contributed by atoms with Crippen molar-refractivity contribution in [2.45, 2.75) is 45.7 Å². The number of allylic oxidation sites excluding steroid dienone is 4. The van der Waals surface area contributed by atoms with E-state index in [9.17, 15) is 0 Å². The maximum atomic E-state index is 3.57. The van der Waals surface area contributed by atoms with Crippen molar-refractivity contribution >= 4 is 40.9 Å². The maximum Gasteiger partial charge on any atom is -0.0771 e. The van der Waals surface area contributed by atoms with Crippen LogP contribution in [0.5, 0.6) is 0 Å². The maximum absolute atomic E-state index is 3.57. The molecule has 40 heavy (non-hydrogen) atoms. The van der Waals surface area contributed by atoms with E-state index in [0.717, 1.165) is 6.42 Å². The van der Waals surface area contributed by atoms with Crippen LogP contribution in [-0.2, 0) is 24.2 Å². The Bertz CT molecular complexity index is 1530. The van der Waals surface area contributed by atoms with Gasteiger partial charge in [-0.3, -0.25) is 6.08 Å². The van der Waals surface area contributed by atoms with E-state index >= 15 is 0 Å². The number of fused-ring (bicyclic) bond motifs is 3. The van der Waals surface area contributed by atoms with Gasteiger partial charge in [0, 0.05) is 8.07 Å². The van der Waals surface area contributed by atoms with Crippen LogP contribution in [0.2, 0.25) is 39.3 Å². The molecule has 200 valence electrons. The Morgan fingerprint density at radius 2 is 1.02 bits per heavy atom. The molecule has 0 saturated carbocycles. The summed E-state index contributed by atoms with van der Waals surface area (Å²) in [4.78, 5) is 0. The second kappa shape index (κ2) is 13.4. The Morgan fingerprint density at radius 1 is 0.600 bits per heavy atom. The Labute approximate surface area is 258 Å². The van der Waals surface area contributed by atoms with Crippen molar-refractivity contribution in [2.75, 3.05) is 0 Å². The molecule has 0 atom stereocenters. The van der Waals surface area contributed by atoms with Gasteiger partial charge in [-0.05, 0) is 0 Å². The molecule has 5 aromatic rings. The average Bonchev–Trinajstić information content (AvgIpc) is 3.61. The van der Waals surface area contributed by atoms with E-state index in [1.807, 2.05) is 0 Å². The standard InChI is InChI=1S/C13H9.C13H10.C11H21Si2.Zr/c1-3-7-12-10(5-1)9-11-6-2-4-8-13(11)12;1-3-7-12(8-4-1)11-13-9-5-2-6-10-13;1-12(2,3)10-7-8-11(9-10)13(4,5)6;/h1-9H;1-10H;9H,7H2,1-6H3;/q-1;;-1;+2. The monoisotopic (exact) mass is 630 g/mol. The molecule has 0 aromatic heterocycles. The first-order valence-corrected chi connectivity index (χ1v) is 22.3. The molecular formula is C37H40Si2Zr. The summed E-state index contributed by atoms with van der Waals surface area (Å²) in [6.07, 6.45) is 7.15. The molecule has 0 bridgehead atoms. The third-order valence-corrected chi connectivity index (χ3v) is 12.8. The third-order valence-electron chi connectivity index (χ3n) is 7.21. The van der Waals surface area contributed by atoms with Gasteiger partial charge in [-0.25, -0.2) is 11.3 Å². The van der Waals surface area contributed by atoms with Crippen LogP contribution in [0.1, 0.15) is 17.5 Å². The zero-order chi connectivity index (χ0) is 28.8. The molecule has 0 N–H and O–H groups in total. The van der Waals surface area contributed by atoms with Gasteiger partial charge in [-0.15, -0.1) is 46.2 Å². The van der Waals surface area contributed by atoms with Crippen molar-refractivity contribution in [3.63, 3.8) is 0 Å². The van der Waals surface area contributed by atoms with E-state index in [2.05, 4.69) is 167 Å². The summed E-state index contributed by atoms with van der Waals surface area (Å²) >= 11 is 1.46. The van der Waals surface area contributed by atoms with E-state index in [1.165, 1.54) is 60.1 Å². The Hall–Kier alpha value is -2.58. The molecule has 0 radical (unpaired) electrons. The fourth-order valence-corrected chi connectivity index (χ4v) is 8.10. The number of hydrogen-bond acceptors (Lipinski definition) is 0. The predicted octanol–water partition coefficient (Wildman–Crippen LogP) is 10.3. The normalized spacial score (nSPS) is 13.1. The van der Waals surface area contributed by atoms with Crippen molar-refractivity contribution in [2.24, 2.45) is 0 Å². The van der Waals surface area contributed by atoms with Gasteiger partial charge in [-0.2, -0.15) is 5.20 Å². The Kier molecular flexibility index (Phi) is 10.2.